The van der Waals surface area contributed by atoms with Crippen molar-refractivity contribution in [3.8, 4) is 0 Å². The molecule has 4 rings (SSSR count). The first-order chi connectivity index (χ1) is 13.5. The van der Waals surface area contributed by atoms with E-state index < -0.39 is 0 Å². The molecule has 1 fully saturated rings. The maximum absolute atomic E-state index is 13.0. The summed E-state index contributed by atoms with van der Waals surface area (Å²) in [7, 11) is 0. The minimum atomic E-state index is -0.269. The number of furan rings is 1. The van der Waals surface area contributed by atoms with E-state index in [9.17, 15) is 9.59 Å². The van der Waals surface area contributed by atoms with Gasteiger partial charge in [-0.25, -0.2) is 4.68 Å². The van der Waals surface area contributed by atoms with Gasteiger partial charge in [0.15, 0.2) is 5.58 Å². The van der Waals surface area contributed by atoms with E-state index in [1.165, 1.54) is 11.1 Å². The van der Waals surface area contributed by atoms with Gasteiger partial charge in [0.1, 0.15) is 17.8 Å². The summed E-state index contributed by atoms with van der Waals surface area (Å²) in [4.78, 5) is 27.8. The summed E-state index contributed by atoms with van der Waals surface area (Å²) in [6.45, 7) is 9.26. The molecule has 0 saturated carbocycles. The zero-order valence-electron chi connectivity index (χ0n) is 16.7. The monoisotopic (exact) mass is 385 g/mol. The largest absolute Gasteiger partial charge is 0.459 e. The van der Waals surface area contributed by atoms with Gasteiger partial charge in [-0.15, -0.1) is 0 Å². The van der Waals surface area contributed by atoms with E-state index in [0.717, 1.165) is 30.8 Å². The summed E-state index contributed by atoms with van der Waals surface area (Å²) in [6.07, 6.45) is 3.89. The molecule has 8 nitrogen and oxygen atoms in total. The molecule has 1 atom stereocenters. The van der Waals surface area contributed by atoms with Gasteiger partial charge in [-0.05, 0) is 39.8 Å². The summed E-state index contributed by atoms with van der Waals surface area (Å²) < 4.78 is 8.93. The van der Waals surface area contributed by atoms with Crippen molar-refractivity contribution in [1.82, 2.24) is 24.6 Å². The number of aromatic nitrogens is 3. The Labute approximate surface area is 163 Å². The number of fused-ring (bicyclic) bond motifs is 3. The predicted octanol–water partition coefficient (Wildman–Crippen LogP) is 1.87. The zero-order valence-corrected chi connectivity index (χ0v) is 16.7. The second-order valence-corrected chi connectivity index (χ2v) is 7.41. The van der Waals surface area contributed by atoms with Crippen molar-refractivity contribution < 1.29 is 9.21 Å². The maximum atomic E-state index is 13.0. The van der Waals surface area contributed by atoms with E-state index >= 15 is 0 Å². The van der Waals surface area contributed by atoms with Crippen molar-refractivity contribution in [2.24, 2.45) is 0 Å². The van der Waals surface area contributed by atoms with Gasteiger partial charge in [-0.3, -0.25) is 14.5 Å². The second-order valence-electron chi connectivity index (χ2n) is 7.41. The van der Waals surface area contributed by atoms with Crippen LogP contribution in [-0.4, -0.2) is 50.8 Å². The molecular weight excluding hydrogens is 358 g/mol. The molecule has 3 aromatic heterocycles. The first-order valence-corrected chi connectivity index (χ1v) is 10.0. The van der Waals surface area contributed by atoms with Gasteiger partial charge < -0.3 is 14.3 Å². The third-order valence-electron chi connectivity index (χ3n) is 5.71. The van der Waals surface area contributed by atoms with E-state index in [1.54, 1.807) is 6.20 Å². The Morgan fingerprint density at radius 2 is 2.18 bits per heavy atom. The quantitative estimate of drug-likeness (QED) is 0.700. The van der Waals surface area contributed by atoms with Gasteiger partial charge in [-0.1, -0.05) is 6.92 Å². The molecule has 0 bridgehead atoms. The number of rotatable bonds is 6. The Morgan fingerprint density at radius 1 is 1.36 bits per heavy atom. The number of likely N-dealkylation sites (N-methyl/N-ethyl adjacent to an activating group) is 1. The smallest absolute Gasteiger partial charge is 0.291 e. The Bertz CT molecular complexity index is 1080. The number of nitrogens with one attached hydrogen (secondary N) is 1. The van der Waals surface area contributed by atoms with Gasteiger partial charge in [0.05, 0.1) is 17.1 Å². The molecule has 1 aliphatic rings. The summed E-state index contributed by atoms with van der Waals surface area (Å²) in [5.74, 6) is 0.608. The number of carbonyl (C=O) groups excluding carboxylic acids is 1. The molecule has 1 aliphatic heterocycles. The topological polar surface area (TPSA) is 85.3 Å². The number of likely N-dealkylation sites (tertiary alicyclic amines) is 1. The molecule has 150 valence electrons. The number of carbonyl (C=O) groups is 1. The number of hydrogen-bond donors (Lipinski definition) is 1. The van der Waals surface area contributed by atoms with Crippen LogP contribution in [0.2, 0.25) is 0 Å². The molecular formula is C20H27N5O3. The third kappa shape index (κ3) is 3.11. The molecule has 8 heteroatoms. The fourth-order valence-corrected chi connectivity index (χ4v) is 4.33. The summed E-state index contributed by atoms with van der Waals surface area (Å²) >= 11 is 0. The normalized spacial score (nSPS) is 17.8. The average Bonchev–Trinajstić information content (AvgIpc) is 3.35. The third-order valence-corrected chi connectivity index (χ3v) is 5.71. The fourth-order valence-electron chi connectivity index (χ4n) is 4.33. The van der Waals surface area contributed by atoms with Gasteiger partial charge in [0.25, 0.3) is 5.56 Å². The van der Waals surface area contributed by atoms with Crippen LogP contribution < -0.4 is 10.9 Å². The van der Waals surface area contributed by atoms with Crippen molar-refractivity contribution >= 4 is 27.9 Å². The van der Waals surface area contributed by atoms with Crippen LogP contribution >= 0.6 is 0 Å². The van der Waals surface area contributed by atoms with E-state index in [2.05, 4.69) is 22.2 Å². The molecule has 0 radical (unpaired) electrons. The summed E-state index contributed by atoms with van der Waals surface area (Å²) in [5, 5.41) is 7.88. The Morgan fingerprint density at radius 3 is 2.93 bits per heavy atom. The zero-order chi connectivity index (χ0) is 19.8. The van der Waals surface area contributed by atoms with Crippen molar-refractivity contribution in [3.05, 3.63) is 28.4 Å². The number of amides is 1. The Balaban J connectivity index is 1.56. The van der Waals surface area contributed by atoms with Crippen LogP contribution in [0.1, 0.15) is 32.4 Å². The van der Waals surface area contributed by atoms with E-state index in [0.29, 0.717) is 35.6 Å². The van der Waals surface area contributed by atoms with Crippen LogP contribution in [0, 0.1) is 6.92 Å². The number of nitrogens with zero attached hydrogens (tertiary/aromatic N) is 4. The lowest BCUT2D eigenvalue weighted by molar-refractivity contribution is -0.122. The highest BCUT2D eigenvalue weighted by Gasteiger charge is 2.24. The van der Waals surface area contributed by atoms with Gasteiger partial charge in [0, 0.05) is 25.2 Å². The molecule has 0 spiro atoms. The van der Waals surface area contributed by atoms with Crippen LogP contribution in [0.5, 0.6) is 0 Å². The minimum Gasteiger partial charge on any atom is -0.459 e. The fraction of sp³-hybridized carbons (Fsp3) is 0.550. The first kappa shape index (κ1) is 18.7. The number of aryl methyl sites for hydroxylation is 2. The highest BCUT2D eigenvalue weighted by atomic mass is 16.3. The molecule has 4 heterocycles. The molecule has 28 heavy (non-hydrogen) atoms. The van der Waals surface area contributed by atoms with Crippen LogP contribution in [0.25, 0.3) is 22.0 Å². The second kappa shape index (κ2) is 7.43. The number of hydrogen-bond acceptors (Lipinski definition) is 5. The lowest BCUT2D eigenvalue weighted by Gasteiger charge is -2.22. The van der Waals surface area contributed by atoms with Crippen LogP contribution in [-0.2, 0) is 17.9 Å². The summed E-state index contributed by atoms with van der Waals surface area (Å²) in [5.41, 5.74) is 1.83. The van der Waals surface area contributed by atoms with Crippen molar-refractivity contribution in [1.29, 1.82) is 0 Å². The molecule has 0 aliphatic carbocycles. The summed E-state index contributed by atoms with van der Waals surface area (Å²) in [6, 6.07) is 2.31. The van der Waals surface area contributed by atoms with Crippen LogP contribution in [0.3, 0.4) is 0 Å². The maximum Gasteiger partial charge on any atom is 0.291 e. The molecule has 1 amide bonds. The van der Waals surface area contributed by atoms with Crippen molar-refractivity contribution in [2.45, 2.75) is 52.7 Å². The average molecular weight is 385 g/mol. The minimum absolute atomic E-state index is 0.0805. The van der Waals surface area contributed by atoms with Crippen LogP contribution in [0.4, 0.5) is 0 Å². The van der Waals surface area contributed by atoms with E-state index in [1.807, 2.05) is 24.5 Å². The van der Waals surface area contributed by atoms with E-state index in [4.69, 9.17) is 4.42 Å². The Hall–Kier alpha value is -2.61. The first-order valence-electron chi connectivity index (χ1n) is 10.0. The molecule has 0 unspecified atom stereocenters. The highest BCUT2D eigenvalue weighted by Crippen LogP contribution is 2.29. The highest BCUT2D eigenvalue weighted by molar-refractivity contribution is 6.04. The lowest BCUT2D eigenvalue weighted by atomic mass is 10.2. The molecule has 1 saturated heterocycles. The van der Waals surface area contributed by atoms with Gasteiger partial charge in [0.2, 0.25) is 5.91 Å². The predicted molar refractivity (Wildman–Crippen MR) is 107 cm³/mol. The lowest BCUT2D eigenvalue weighted by Crippen LogP contribution is -2.42. The van der Waals surface area contributed by atoms with Gasteiger partial charge >= 0.3 is 0 Å². The molecule has 3 aromatic rings. The van der Waals surface area contributed by atoms with Gasteiger partial charge in [-0.2, -0.15) is 5.10 Å². The van der Waals surface area contributed by atoms with Crippen LogP contribution in [0.15, 0.2) is 21.5 Å². The van der Waals surface area contributed by atoms with E-state index in [-0.39, 0.29) is 18.0 Å². The molecule has 0 aromatic carbocycles. The SMILES string of the molecule is CCN1CCC[C@H]1CNC(=O)Cn1ncc2c3oc(C)cc3n(CC)c2c1=O. The standard InChI is InChI=1S/C20H27N5O3/c1-4-23-8-6-7-14(23)10-21-17(26)12-25-20(27)18-15(11-22-25)19-16(24(18)5-2)9-13(3)28-19/h9,11,14H,4-8,10,12H2,1-3H3,(H,21,26)/t14-/m0/s1. The van der Waals surface area contributed by atoms with Crippen molar-refractivity contribution in [3.63, 3.8) is 0 Å². The van der Waals surface area contributed by atoms with Crippen molar-refractivity contribution in [2.75, 3.05) is 19.6 Å². The Kier molecular flexibility index (Phi) is 4.97. The molecule has 1 N–H and O–H groups in total.